The van der Waals surface area contributed by atoms with Crippen LogP contribution in [0.5, 0.6) is 0 Å². The zero-order chi connectivity index (χ0) is 11.8. The quantitative estimate of drug-likeness (QED) is 0.856. The summed E-state index contributed by atoms with van der Waals surface area (Å²) in [4.78, 5) is 4.70. The van der Waals surface area contributed by atoms with Crippen molar-refractivity contribution in [2.24, 2.45) is 0 Å². The summed E-state index contributed by atoms with van der Waals surface area (Å²) >= 11 is 1.76. The maximum Gasteiger partial charge on any atom is 0.184 e. The zero-order valence-corrected chi connectivity index (χ0v) is 11.0. The van der Waals surface area contributed by atoms with Crippen LogP contribution in [-0.4, -0.2) is 24.1 Å². The van der Waals surface area contributed by atoms with Crippen LogP contribution in [0.15, 0.2) is 12.1 Å². The molecule has 1 aromatic carbocycles. The Bertz CT molecular complexity index is 541. The molecule has 3 nitrogen and oxygen atoms in total. The van der Waals surface area contributed by atoms with Crippen LogP contribution in [0.3, 0.4) is 0 Å². The summed E-state index contributed by atoms with van der Waals surface area (Å²) in [7, 11) is 0. The first-order valence-electron chi connectivity index (χ1n) is 6.07. The highest BCUT2D eigenvalue weighted by atomic mass is 32.1. The lowest BCUT2D eigenvalue weighted by molar-refractivity contribution is 0.792. The number of anilines is 1. The van der Waals surface area contributed by atoms with Gasteiger partial charge in [-0.05, 0) is 44.0 Å². The lowest BCUT2D eigenvalue weighted by atomic mass is 10.1. The van der Waals surface area contributed by atoms with Crippen LogP contribution in [0.2, 0.25) is 0 Å². The van der Waals surface area contributed by atoms with E-state index in [4.69, 9.17) is 4.98 Å². The molecule has 1 aromatic heterocycles. The fourth-order valence-corrected chi connectivity index (χ4v) is 3.50. The molecule has 1 saturated heterocycles. The van der Waals surface area contributed by atoms with Gasteiger partial charge in [0.05, 0.1) is 10.2 Å². The smallest absolute Gasteiger partial charge is 0.184 e. The second-order valence-corrected chi connectivity index (χ2v) is 5.81. The number of thiazole rings is 1. The molecule has 2 N–H and O–H groups in total. The summed E-state index contributed by atoms with van der Waals surface area (Å²) in [6.45, 7) is 6.44. The highest BCUT2D eigenvalue weighted by Gasteiger charge is 2.16. The Balaban J connectivity index is 1.93. The normalized spacial score (nSPS) is 20.0. The average Bonchev–Trinajstić information content (AvgIpc) is 2.87. The zero-order valence-electron chi connectivity index (χ0n) is 10.2. The molecule has 0 aliphatic carbocycles. The fraction of sp³-hybridized carbons (Fsp3) is 0.462. The van der Waals surface area contributed by atoms with E-state index in [-0.39, 0.29) is 0 Å². The molecule has 2 heterocycles. The van der Waals surface area contributed by atoms with Gasteiger partial charge in [0.15, 0.2) is 5.13 Å². The molecule has 0 spiro atoms. The third-order valence-corrected chi connectivity index (χ3v) is 4.15. The number of nitrogens with one attached hydrogen (secondary N) is 2. The number of hydrogen-bond donors (Lipinski definition) is 2. The van der Waals surface area contributed by atoms with Gasteiger partial charge in [0.2, 0.25) is 0 Å². The number of rotatable bonds is 2. The molecule has 0 saturated carbocycles. The summed E-state index contributed by atoms with van der Waals surface area (Å²) in [5.74, 6) is 0. The number of nitrogens with zero attached hydrogens (tertiary/aromatic N) is 1. The summed E-state index contributed by atoms with van der Waals surface area (Å²) in [5, 5.41) is 7.94. The minimum Gasteiger partial charge on any atom is -0.357 e. The van der Waals surface area contributed by atoms with Crippen molar-refractivity contribution in [1.82, 2.24) is 10.3 Å². The van der Waals surface area contributed by atoms with Gasteiger partial charge in [-0.1, -0.05) is 17.4 Å². The van der Waals surface area contributed by atoms with E-state index in [1.165, 1.54) is 22.2 Å². The molecule has 1 aliphatic rings. The average molecular weight is 247 g/mol. The van der Waals surface area contributed by atoms with Gasteiger partial charge in [0, 0.05) is 12.6 Å². The third-order valence-electron chi connectivity index (χ3n) is 3.22. The van der Waals surface area contributed by atoms with E-state index >= 15 is 0 Å². The van der Waals surface area contributed by atoms with Crippen molar-refractivity contribution in [3.05, 3.63) is 23.3 Å². The first-order chi connectivity index (χ1) is 8.22. The highest BCUT2D eigenvalue weighted by molar-refractivity contribution is 7.22. The first kappa shape index (κ1) is 11.0. The van der Waals surface area contributed by atoms with Gasteiger partial charge >= 0.3 is 0 Å². The number of aromatic nitrogens is 1. The van der Waals surface area contributed by atoms with E-state index in [0.29, 0.717) is 6.04 Å². The molecule has 90 valence electrons. The van der Waals surface area contributed by atoms with Crippen LogP contribution >= 0.6 is 11.3 Å². The second-order valence-electron chi connectivity index (χ2n) is 4.78. The van der Waals surface area contributed by atoms with Gasteiger partial charge in [-0.15, -0.1) is 0 Å². The minimum atomic E-state index is 0.539. The summed E-state index contributed by atoms with van der Waals surface area (Å²) < 4.78 is 1.29. The number of hydrogen-bond acceptors (Lipinski definition) is 4. The molecule has 0 amide bonds. The molecule has 0 radical (unpaired) electrons. The van der Waals surface area contributed by atoms with Gasteiger partial charge < -0.3 is 10.6 Å². The lowest BCUT2D eigenvalue weighted by Gasteiger charge is -2.08. The van der Waals surface area contributed by atoms with Crippen molar-refractivity contribution >= 4 is 26.7 Å². The number of benzene rings is 1. The van der Waals surface area contributed by atoms with Crippen LogP contribution in [0.25, 0.3) is 10.2 Å². The molecule has 1 fully saturated rings. The van der Waals surface area contributed by atoms with E-state index in [2.05, 4.69) is 36.6 Å². The monoisotopic (exact) mass is 247 g/mol. The molecular weight excluding hydrogens is 230 g/mol. The molecular formula is C13H17N3S. The third kappa shape index (κ3) is 2.15. The Morgan fingerprint density at radius 2 is 2.29 bits per heavy atom. The van der Waals surface area contributed by atoms with Crippen LogP contribution in [0.4, 0.5) is 5.13 Å². The lowest BCUT2D eigenvalue weighted by Crippen LogP contribution is -2.21. The van der Waals surface area contributed by atoms with Crippen LogP contribution in [-0.2, 0) is 0 Å². The molecule has 1 unspecified atom stereocenters. The Morgan fingerprint density at radius 1 is 1.41 bits per heavy atom. The van der Waals surface area contributed by atoms with E-state index < -0.39 is 0 Å². The van der Waals surface area contributed by atoms with Crippen molar-refractivity contribution in [2.45, 2.75) is 26.3 Å². The SMILES string of the molecule is Cc1cc(C)c2nc(NC3CCNC3)sc2c1. The maximum atomic E-state index is 4.70. The molecule has 2 aromatic rings. The predicted octanol–water partition coefficient (Wildman–Crippen LogP) is 2.69. The topological polar surface area (TPSA) is 37.0 Å². The second kappa shape index (κ2) is 4.27. The van der Waals surface area contributed by atoms with Crippen molar-refractivity contribution in [3.63, 3.8) is 0 Å². The van der Waals surface area contributed by atoms with Crippen molar-refractivity contribution in [1.29, 1.82) is 0 Å². The van der Waals surface area contributed by atoms with Crippen molar-refractivity contribution in [3.8, 4) is 0 Å². The predicted molar refractivity (Wildman–Crippen MR) is 74.0 cm³/mol. The molecule has 4 heteroatoms. The molecule has 17 heavy (non-hydrogen) atoms. The first-order valence-corrected chi connectivity index (χ1v) is 6.89. The van der Waals surface area contributed by atoms with E-state index in [0.717, 1.165) is 23.7 Å². The molecule has 0 bridgehead atoms. The van der Waals surface area contributed by atoms with Gasteiger partial charge in [-0.25, -0.2) is 4.98 Å². The van der Waals surface area contributed by atoms with E-state index in [1.54, 1.807) is 11.3 Å². The molecule has 3 rings (SSSR count). The Labute approximate surface area is 105 Å². The summed E-state index contributed by atoms with van der Waals surface area (Å²) in [5.41, 5.74) is 3.73. The maximum absolute atomic E-state index is 4.70. The highest BCUT2D eigenvalue weighted by Crippen LogP contribution is 2.29. The molecule has 1 aliphatic heterocycles. The standard InChI is InChI=1S/C13H17N3S/c1-8-5-9(2)12-11(6-8)17-13(16-12)15-10-3-4-14-7-10/h5-6,10,14H,3-4,7H2,1-2H3,(H,15,16). The van der Waals surface area contributed by atoms with Gasteiger partial charge in [0.1, 0.15) is 0 Å². The number of fused-ring (bicyclic) bond motifs is 1. The van der Waals surface area contributed by atoms with E-state index in [9.17, 15) is 0 Å². The summed E-state index contributed by atoms with van der Waals surface area (Å²) in [6, 6.07) is 4.96. The van der Waals surface area contributed by atoms with Crippen molar-refractivity contribution in [2.75, 3.05) is 18.4 Å². The minimum absolute atomic E-state index is 0.539. The molecule has 1 atom stereocenters. The van der Waals surface area contributed by atoms with Gasteiger partial charge in [-0.2, -0.15) is 0 Å². The fourth-order valence-electron chi connectivity index (χ4n) is 2.38. The Hall–Kier alpha value is -1.13. The van der Waals surface area contributed by atoms with Crippen molar-refractivity contribution < 1.29 is 0 Å². The number of aryl methyl sites for hydroxylation is 2. The Morgan fingerprint density at radius 3 is 3.06 bits per heavy atom. The largest absolute Gasteiger partial charge is 0.357 e. The van der Waals surface area contributed by atoms with Gasteiger partial charge in [0.25, 0.3) is 0 Å². The van der Waals surface area contributed by atoms with Crippen LogP contribution in [0, 0.1) is 13.8 Å². The van der Waals surface area contributed by atoms with Crippen LogP contribution < -0.4 is 10.6 Å². The van der Waals surface area contributed by atoms with Crippen LogP contribution in [0.1, 0.15) is 17.5 Å². The summed E-state index contributed by atoms with van der Waals surface area (Å²) in [6.07, 6.45) is 1.19. The Kier molecular flexibility index (Phi) is 2.76. The van der Waals surface area contributed by atoms with E-state index in [1.807, 2.05) is 0 Å². The van der Waals surface area contributed by atoms with Gasteiger partial charge in [-0.3, -0.25) is 0 Å².